The molecule has 2 aromatic rings. The SMILES string of the molecule is COc1ccc(CO[C@H]2CCCN(Cc3cccc(C)c3)C2)cc1F. The van der Waals surface area contributed by atoms with Gasteiger partial charge in [0.15, 0.2) is 11.6 Å². The van der Waals surface area contributed by atoms with E-state index in [1.807, 2.05) is 6.07 Å². The fourth-order valence-corrected chi connectivity index (χ4v) is 3.38. The molecule has 0 amide bonds. The van der Waals surface area contributed by atoms with E-state index in [1.54, 1.807) is 6.07 Å². The van der Waals surface area contributed by atoms with Crippen molar-refractivity contribution in [3.63, 3.8) is 0 Å². The second-order valence-corrected chi connectivity index (χ2v) is 6.77. The van der Waals surface area contributed by atoms with Gasteiger partial charge in [0.2, 0.25) is 0 Å². The quantitative estimate of drug-likeness (QED) is 0.779. The molecule has 1 aliphatic heterocycles. The summed E-state index contributed by atoms with van der Waals surface area (Å²) in [6.45, 7) is 5.54. The van der Waals surface area contributed by atoms with Gasteiger partial charge in [0.1, 0.15) is 0 Å². The summed E-state index contributed by atoms with van der Waals surface area (Å²) in [5.74, 6) is -0.0703. The van der Waals surface area contributed by atoms with E-state index < -0.39 is 0 Å². The van der Waals surface area contributed by atoms with Gasteiger partial charge in [-0.05, 0) is 49.6 Å². The molecule has 0 saturated carbocycles. The fourth-order valence-electron chi connectivity index (χ4n) is 3.38. The lowest BCUT2D eigenvalue weighted by Gasteiger charge is -2.32. The summed E-state index contributed by atoms with van der Waals surface area (Å²) < 4.78 is 24.8. The van der Waals surface area contributed by atoms with Crippen LogP contribution in [-0.4, -0.2) is 31.2 Å². The first-order valence-electron chi connectivity index (χ1n) is 8.86. The standard InChI is InChI=1S/C21H26FNO2/c1-16-5-3-6-17(11-16)13-23-10-4-7-19(14-23)25-15-18-8-9-21(24-2)20(22)12-18/h3,5-6,8-9,11-12,19H,4,7,10,13-15H2,1-2H3/t19-/m0/s1. The van der Waals surface area contributed by atoms with Gasteiger partial charge in [-0.2, -0.15) is 0 Å². The summed E-state index contributed by atoms with van der Waals surface area (Å²) in [6.07, 6.45) is 2.39. The molecule has 1 fully saturated rings. The fraction of sp³-hybridized carbons (Fsp3) is 0.429. The Morgan fingerprint density at radius 2 is 2.04 bits per heavy atom. The highest BCUT2D eigenvalue weighted by molar-refractivity contribution is 5.29. The van der Waals surface area contributed by atoms with Crippen molar-refractivity contribution in [2.45, 2.75) is 39.0 Å². The Kier molecular flexibility index (Phi) is 6.05. The molecule has 1 aliphatic rings. The molecule has 0 aromatic heterocycles. The Morgan fingerprint density at radius 3 is 2.80 bits per heavy atom. The van der Waals surface area contributed by atoms with Gasteiger partial charge in [-0.15, -0.1) is 0 Å². The average Bonchev–Trinajstić information content (AvgIpc) is 2.60. The number of aryl methyl sites for hydroxylation is 1. The van der Waals surface area contributed by atoms with Crippen molar-refractivity contribution >= 4 is 0 Å². The second kappa shape index (κ2) is 8.45. The molecule has 0 N–H and O–H groups in total. The first kappa shape index (κ1) is 17.9. The van der Waals surface area contributed by atoms with Crippen LogP contribution >= 0.6 is 0 Å². The van der Waals surface area contributed by atoms with E-state index in [2.05, 4.69) is 36.1 Å². The number of hydrogen-bond donors (Lipinski definition) is 0. The number of methoxy groups -OCH3 is 1. The number of hydrogen-bond acceptors (Lipinski definition) is 3. The first-order valence-corrected chi connectivity index (χ1v) is 8.86. The number of rotatable bonds is 6. The Labute approximate surface area is 149 Å². The maximum atomic E-state index is 13.8. The first-order chi connectivity index (χ1) is 12.1. The minimum atomic E-state index is -0.340. The molecule has 1 heterocycles. The minimum Gasteiger partial charge on any atom is -0.494 e. The van der Waals surface area contributed by atoms with Crippen molar-refractivity contribution in [1.82, 2.24) is 4.90 Å². The molecule has 1 atom stereocenters. The molecule has 2 aromatic carbocycles. The van der Waals surface area contributed by atoms with Crippen LogP contribution in [0.25, 0.3) is 0 Å². The molecule has 134 valence electrons. The Morgan fingerprint density at radius 1 is 1.16 bits per heavy atom. The summed E-state index contributed by atoms with van der Waals surface area (Å²) >= 11 is 0. The van der Waals surface area contributed by atoms with Crippen LogP contribution in [0.2, 0.25) is 0 Å². The van der Waals surface area contributed by atoms with Gasteiger partial charge in [-0.25, -0.2) is 4.39 Å². The molecule has 0 bridgehead atoms. The van der Waals surface area contributed by atoms with E-state index in [4.69, 9.17) is 9.47 Å². The van der Waals surface area contributed by atoms with Crippen LogP contribution in [0.5, 0.6) is 5.75 Å². The van der Waals surface area contributed by atoms with Gasteiger partial charge >= 0.3 is 0 Å². The lowest BCUT2D eigenvalue weighted by atomic mass is 10.1. The number of likely N-dealkylation sites (tertiary alicyclic amines) is 1. The van der Waals surface area contributed by atoms with Gasteiger partial charge in [-0.3, -0.25) is 4.90 Å². The third kappa shape index (κ3) is 5.03. The zero-order valence-electron chi connectivity index (χ0n) is 15.0. The van der Waals surface area contributed by atoms with E-state index in [1.165, 1.54) is 24.3 Å². The van der Waals surface area contributed by atoms with E-state index in [0.29, 0.717) is 6.61 Å². The summed E-state index contributed by atoms with van der Waals surface area (Å²) in [6, 6.07) is 13.7. The predicted octanol–water partition coefficient (Wildman–Crippen LogP) is 4.32. The molecule has 0 radical (unpaired) electrons. The number of piperidine rings is 1. The lowest BCUT2D eigenvalue weighted by molar-refractivity contribution is -0.0121. The highest BCUT2D eigenvalue weighted by atomic mass is 19.1. The third-order valence-corrected chi connectivity index (χ3v) is 4.65. The van der Waals surface area contributed by atoms with Gasteiger partial charge in [0, 0.05) is 13.1 Å². The van der Waals surface area contributed by atoms with Crippen molar-refractivity contribution in [3.8, 4) is 5.75 Å². The van der Waals surface area contributed by atoms with Crippen molar-refractivity contribution < 1.29 is 13.9 Å². The van der Waals surface area contributed by atoms with Gasteiger partial charge in [0.25, 0.3) is 0 Å². The summed E-state index contributed by atoms with van der Waals surface area (Å²) in [5.41, 5.74) is 3.48. The largest absolute Gasteiger partial charge is 0.494 e. The normalized spacial score (nSPS) is 18.3. The molecular weight excluding hydrogens is 317 g/mol. The molecular formula is C21H26FNO2. The maximum Gasteiger partial charge on any atom is 0.165 e. The summed E-state index contributed by atoms with van der Waals surface area (Å²) in [4.78, 5) is 2.44. The highest BCUT2D eigenvalue weighted by Gasteiger charge is 2.20. The van der Waals surface area contributed by atoms with Crippen LogP contribution in [0.15, 0.2) is 42.5 Å². The number of nitrogens with zero attached hydrogens (tertiary/aromatic N) is 1. The smallest absolute Gasteiger partial charge is 0.165 e. The Hall–Kier alpha value is -1.91. The van der Waals surface area contributed by atoms with Crippen LogP contribution in [0.3, 0.4) is 0 Å². The summed E-state index contributed by atoms with van der Waals surface area (Å²) in [5, 5.41) is 0. The Bertz CT molecular complexity index is 704. The monoisotopic (exact) mass is 343 g/mol. The van der Waals surface area contributed by atoms with Crippen LogP contribution in [0.4, 0.5) is 4.39 Å². The van der Waals surface area contributed by atoms with Crippen LogP contribution in [0.1, 0.15) is 29.5 Å². The minimum absolute atomic E-state index is 0.198. The second-order valence-electron chi connectivity index (χ2n) is 6.77. The van der Waals surface area contributed by atoms with Crippen LogP contribution in [-0.2, 0) is 17.9 Å². The zero-order valence-corrected chi connectivity index (χ0v) is 15.0. The van der Waals surface area contributed by atoms with Gasteiger partial charge < -0.3 is 9.47 Å². The third-order valence-electron chi connectivity index (χ3n) is 4.65. The van der Waals surface area contributed by atoms with Crippen molar-refractivity contribution in [2.24, 2.45) is 0 Å². The average molecular weight is 343 g/mol. The molecule has 25 heavy (non-hydrogen) atoms. The molecule has 0 aliphatic carbocycles. The van der Waals surface area contributed by atoms with Crippen LogP contribution < -0.4 is 4.74 Å². The number of halogens is 1. The van der Waals surface area contributed by atoms with Crippen LogP contribution in [0, 0.1) is 12.7 Å². The maximum absolute atomic E-state index is 13.8. The molecule has 0 unspecified atom stereocenters. The zero-order chi connectivity index (χ0) is 17.6. The molecule has 0 spiro atoms. The summed E-state index contributed by atoms with van der Waals surface area (Å²) in [7, 11) is 1.47. The lowest BCUT2D eigenvalue weighted by Crippen LogP contribution is -2.39. The molecule has 3 rings (SSSR count). The number of ether oxygens (including phenoxy) is 2. The molecule has 4 heteroatoms. The van der Waals surface area contributed by atoms with E-state index in [9.17, 15) is 4.39 Å². The highest BCUT2D eigenvalue weighted by Crippen LogP contribution is 2.21. The Balaban J connectivity index is 1.52. The van der Waals surface area contributed by atoms with Gasteiger partial charge in [-0.1, -0.05) is 35.9 Å². The molecule has 3 nitrogen and oxygen atoms in total. The van der Waals surface area contributed by atoms with Gasteiger partial charge in [0.05, 0.1) is 19.8 Å². The van der Waals surface area contributed by atoms with Crippen molar-refractivity contribution in [2.75, 3.05) is 20.2 Å². The van der Waals surface area contributed by atoms with Crippen molar-refractivity contribution in [3.05, 3.63) is 65.0 Å². The predicted molar refractivity (Wildman–Crippen MR) is 97.2 cm³/mol. The van der Waals surface area contributed by atoms with Crippen molar-refractivity contribution in [1.29, 1.82) is 0 Å². The molecule has 1 saturated heterocycles. The topological polar surface area (TPSA) is 21.7 Å². The van der Waals surface area contributed by atoms with E-state index >= 15 is 0 Å². The van der Waals surface area contributed by atoms with E-state index in [-0.39, 0.29) is 17.7 Å². The number of benzene rings is 2. The van der Waals surface area contributed by atoms with E-state index in [0.717, 1.165) is 38.0 Å².